The molecular formula is C9H12O3. The molecule has 0 N–H and O–H groups in total. The van der Waals surface area contributed by atoms with Crippen molar-refractivity contribution >= 4 is 0 Å². The summed E-state index contributed by atoms with van der Waals surface area (Å²) < 4.78 is 10.2. The van der Waals surface area contributed by atoms with Gasteiger partial charge in [0.25, 0.3) is 0 Å². The fraction of sp³-hybridized carbons (Fsp3) is 0.444. The number of hydrogen-bond acceptors (Lipinski definition) is 3. The maximum atomic E-state index is 11.2. The van der Waals surface area contributed by atoms with Crippen molar-refractivity contribution < 1.29 is 9.15 Å². The smallest absolute Gasteiger partial charge is 0.226 e. The van der Waals surface area contributed by atoms with E-state index in [0.29, 0.717) is 18.1 Å². The number of rotatable bonds is 3. The third kappa shape index (κ3) is 1.87. The molecule has 0 saturated carbocycles. The summed E-state index contributed by atoms with van der Waals surface area (Å²) in [5.74, 6) is 0.871. The highest BCUT2D eigenvalue weighted by molar-refractivity contribution is 5.22. The first-order valence-electron chi connectivity index (χ1n) is 3.97. The Morgan fingerprint density at radius 1 is 1.58 bits per heavy atom. The Bertz CT molecular complexity index is 301. The molecule has 0 fully saturated rings. The molecule has 3 nitrogen and oxygen atoms in total. The zero-order valence-electron chi connectivity index (χ0n) is 7.29. The van der Waals surface area contributed by atoms with Crippen molar-refractivity contribution in [3.05, 3.63) is 28.3 Å². The van der Waals surface area contributed by atoms with Gasteiger partial charge in [0, 0.05) is 6.07 Å². The lowest BCUT2D eigenvalue weighted by Gasteiger charge is -2.04. The molecule has 0 spiro atoms. The summed E-state index contributed by atoms with van der Waals surface area (Å²) in [5.41, 5.74) is -0.118. The zero-order chi connectivity index (χ0) is 8.97. The van der Waals surface area contributed by atoms with Gasteiger partial charge in [-0.3, -0.25) is 4.79 Å². The first-order valence-corrected chi connectivity index (χ1v) is 3.97. The van der Waals surface area contributed by atoms with Crippen molar-refractivity contribution in [2.24, 2.45) is 0 Å². The van der Waals surface area contributed by atoms with E-state index in [1.54, 1.807) is 6.92 Å². The van der Waals surface area contributed by atoms with Crippen LogP contribution in [-0.2, 0) is 0 Å². The minimum absolute atomic E-state index is 0.118. The summed E-state index contributed by atoms with van der Waals surface area (Å²) in [7, 11) is 0. The van der Waals surface area contributed by atoms with Crippen LogP contribution in [0, 0.1) is 6.92 Å². The third-order valence-corrected chi connectivity index (χ3v) is 1.46. The van der Waals surface area contributed by atoms with E-state index < -0.39 is 0 Å². The van der Waals surface area contributed by atoms with Crippen molar-refractivity contribution in [1.82, 2.24) is 0 Å². The Kier molecular flexibility index (Phi) is 2.91. The van der Waals surface area contributed by atoms with Gasteiger partial charge in [0.1, 0.15) is 5.76 Å². The lowest BCUT2D eigenvalue weighted by Crippen LogP contribution is -2.08. The van der Waals surface area contributed by atoms with Crippen LogP contribution in [0.25, 0.3) is 0 Å². The quantitative estimate of drug-likeness (QED) is 0.690. The van der Waals surface area contributed by atoms with E-state index in [0.717, 1.165) is 6.42 Å². The fourth-order valence-corrected chi connectivity index (χ4v) is 0.877. The molecule has 12 heavy (non-hydrogen) atoms. The van der Waals surface area contributed by atoms with Crippen LogP contribution in [0.2, 0.25) is 0 Å². The Hall–Kier alpha value is -1.25. The van der Waals surface area contributed by atoms with Gasteiger partial charge < -0.3 is 9.15 Å². The number of hydrogen-bond donors (Lipinski definition) is 0. The highest BCUT2D eigenvalue weighted by Crippen LogP contribution is 2.10. The summed E-state index contributed by atoms with van der Waals surface area (Å²) >= 11 is 0. The molecule has 0 amide bonds. The van der Waals surface area contributed by atoms with E-state index in [2.05, 4.69) is 0 Å². The SMILES string of the molecule is CCCOc1c(C)occc1=O. The first-order chi connectivity index (χ1) is 5.75. The molecule has 0 aliphatic carbocycles. The van der Waals surface area contributed by atoms with Crippen LogP contribution >= 0.6 is 0 Å². The molecule has 0 aromatic carbocycles. The van der Waals surface area contributed by atoms with E-state index in [1.807, 2.05) is 6.92 Å². The summed E-state index contributed by atoms with van der Waals surface area (Å²) in [6.45, 7) is 4.25. The largest absolute Gasteiger partial charge is 0.487 e. The van der Waals surface area contributed by atoms with Gasteiger partial charge in [-0.05, 0) is 13.3 Å². The molecular weight excluding hydrogens is 156 g/mol. The third-order valence-electron chi connectivity index (χ3n) is 1.46. The molecule has 0 aliphatic heterocycles. The molecule has 0 saturated heterocycles. The van der Waals surface area contributed by atoms with Gasteiger partial charge in [-0.1, -0.05) is 6.92 Å². The molecule has 1 heterocycles. The van der Waals surface area contributed by atoms with Crippen LogP contribution in [-0.4, -0.2) is 6.61 Å². The number of ether oxygens (including phenoxy) is 1. The second-order valence-electron chi connectivity index (χ2n) is 2.52. The lowest BCUT2D eigenvalue weighted by atomic mass is 10.4. The topological polar surface area (TPSA) is 39.4 Å². The van der Waals surface area contributed by atoms with E-state index in [-0.39, 0.29) is 5.43 Å². The summed E-state index contributed by atoms with van der Waals surface area (Å²) in [5, 5.41) is 0. The van der Waals surface area contributed by atoms with Crippen molar-refractivity contribution in [2.45, 2.75) is 20.3 Å². The van der Waals surface area contributed by atoms with E-state index in [9.17, 15) is 4.79 Å². The Balaban J connectivity index is 2.89. The van der Waals surface area contributed by atoms with Gasteiger partial charge in [0.05, 0.1) is 12.9 Å². The summed E-state index contributed by atoms with van der Waals surface area (Å²) in [6.07, 6.45) is 2.25. The van der Waals surface area contributed by atoms with Crippen LogP contribution in [0.5, 0.6) is 5.75 Å². The molecule has 3 heteroatoms. The predicted molar refractivity (Wildman–Crippen MR) is 45.5 cm³/mol. The Labute approximate surface area is 71.0 Å². The minimum Gasteiger partial charge on any atom is -0.487 e. The second-order valence-corrected chi connectivity index (χ2v) is 2.52. The first kappa shape index (κ1) is 8.84. The molecule has 0 unspecified atom stereocenters. The zero-order valence-corrected chi connectivity index (χ0v) is 7.29. The lowest BCUT2D eigenvalue weighted by molar-refractivity contribution is 0.297. The fourth-order valence-electron chi connectivity index (χ4n) is 0.877. The molecule has 0 atom stereocenters. The standard InChI is InChI=1S/C9H12O3/c1-3-5-12-9-7(2)11-6-4-8(9)10/h4,6H,3,5H2,1-2H3. The summed E-state index contributed by atoms with van der Waals surface area (Å²) in [6, 6.07) is 1.36. The van der Waals surface area contributed by atoms with Gasteiger partial charge >= 0.3 is 0 Å². The number of aryl methyl sites for hydroxylation is 1. The predicted octanol–water partition coefficient (Wildman–Crippen LogP) is 1.74. The Morgan fingerprint density at radius 2 is 2.33 bits per heavy atom. The van der Waals surface area contributed by atoms with Crippen molar-refractivity contribution in [3.8, 4) is 5.75 Å². The molecule has 1 rings (SSSR count). The highest BCUT2D eigenvalue weighted by Gasteiger charge is 2.04. The van der Waals surface area contributed by atoms with E-state index >= 15 is 0 Å². The van der Waals surface area contributed by atoms with Crippen LogP contribution in [0.4, 0.5) is 0 Å². The van der Waals surface area contributed by atoms with Crippen molar-refractivity contribution in [2.75, 3.05) is 6.61 Å². The van der Waals surface area contributed by atoms with Gasteiger partial charge in [-0.15, -0.1) is 0 Å². The second kappa shape index (κ2) is 3.95. The van der Waals surface area contributed by atoms with Crippen molar-refractivity contribution in [3.63, 3.8) is 0 Å². The molecule has 0 radical (unpaired) electrons. The molecule has 1 aromatic rings. The van der Waals surface area contributed by atoms with Crippen LogP contribution in [0.15, 0.2) is 21.5 Å². The van der Waals surface area contributed by atoms with Gasteiger partial charge in [0.2, 0.25) is 11.2 Å². The Morgan fingerprint density at radius 3 is 2.92 bits per heavy atom. The van der Waals surface area contributed by atoms with Gasteiger partial charge in [-0.2, -0.15) is 0 Å². The average Bonchev–Trinajstić information content (AvgIpc) is 2.04. The van der Waals surface area contributed by atoms with Crippen molar-refractivity contribution in [1.29, 1.82) is 0 Å². The molecule has 66 valence electrons. The normalized spacial score (nSPS) is 9.83. The van der Waals surface area contributed by atoms with E-state index in [1.165, 1.54) is 12.3 Å². The molecule has 1 aromatic heterocycles. The minimum atomic E-state index is -0.118. The van der Waals surface area contributed by atoms with Gasteiger partial charge in [0.15, 0.2) is 0 Å². The molecule has 0 bridgehead atoms. The average molecular weight is 168 g/mol. The van der Waals surface area contributed by atoms with E-state index in [4.69, 9.17) is 9.15 Å². The maximum absolute atomic E-state index is 11.2. The van der Waals surface area contributed by atoms with Crippen LogP contribution in [0.3, 0.4) is 0 Å². The highest BCUT2D eigenvalue weighted by atomic mass is 16.5. The van der Waals surface area contributed by atoms with Gasteiger partial charge in [-0.25, -0.2) is 0 Å². The monoisotopic (exact) mass is 168 g/mol. The van der Waals surface area contributed by atoms with Crippen LogP contribution < -0.4 is 10.2 Å². The summed E-state index contributed by atoms with van der Waals surface area (Å²) in [4.78, 5) is 11.2. The van der Waals surface area contributed by atoms with Crippen LogP contribution in [0.1, 0.15) is 19.1 Å². The molecule has 0 aliphatic rings. The maximum Gasteiger partial charge on any atom is 0.226 e.